The van der Waals surface area contributed by atoms with Crippen LogP contribution >= 0.6 is 11.6 Å². The molecule has 0 aliphatic rings. The Morgan fingerprint density at radius 1 is 1.38 bits per heavy atom. The van der Waals surface area contributed by atoms with Gasteiger partial charge in [0.2, 0.25) is 10.0 Å². The van der Waals surface area contributed by atoms with Crippen LogP contribution in [0.25, 0.3) is 0 Å². The van der Waals surface area contributed by atoms with E-state index in [1.165, 1.54) is 0 Å². The van der Waals surface area contributed by atoms with Crippen LogP contribution in [0.2, 0.25) is 0 Å². The van der Waals surface area contributed by atoms with Crippen LogP contribution in [-0.2, 0) is 10.0 Å². The monoisotopic (exact) mass is 262 g/mol. The van der Waals surface area contributed by atoms with Crippen LogP contribution in [0.4, 0.5) is 11.4 Å². The topological polar surface area (TPSA) is 49.4 Å². The fourth-order valence-corrected chi connectivity index (χ4v) is 2.07. The van der Waals surface area contributed by atoms with Crippen molar-refractivity contribution in [2.45, 2.75) is 6.92 Å². The van der Waals surface area contributed by atoms with Crippen molar-refractivity contribution in [2.24, 2.45) is 0 Å². The van der Waals surface area contributed by atoms with Gasteiger partial charge in [0, 0.05) is 19.8 Å². The molecule has 0 aliphatic carbocycles. The lowest BCUT2D eigenvalue weighted by molar-refractivity contribution is 0.605. The SMILES string of the molecule is Cc1ccc(NS(=O)(=O)CCl)cc1N(C)C. The highest BCUT2D eigenvalue weighted by Crippen LogP contribution is 2.23. The minimum atomic E-state index is -3.43. The number of benzene rings is 1. The second-order valence-electron chi connectivity index (χ2n) is 3.72. The minimum Gasteiger partial charge on any atom is -0.377 e. The molecule has 0 saturated heterocycles. The van der Waals surface area contributed by atoms with Crippen molar-refractivity contribution in [1.29, 1.82) is 0 Å². The van der Waals surface area contributed by atoms with E-state index in [1.54, 1.807) is 12.1 Å². The second kappa shape index (κ2) is 4.93. The van der Waals surface area contributed by atoms with Gasteiger partial charge in [0.05, 0.1) is 5.69 Å². The maximum absolute atomic E-state index is 11.3. The van der Waals surface area contributed by atoms with Gasteiger partial charge < -0.3 is 4.90 Å². The highest BCUT2D eigenvalue weighted by atomic mass is 35.5. The van der Waals surface area contributed by atoms with E-state index in [0.29, 0.717) is 5.69 Å². The smallest absolute Gasteiger partial charge is 0.246 e. The van der Waals surface area contributed by atoms with Crippen molar-refractivity contribution in [3.63, 3.8) is 0 Å². The summed E-state index contributed by atoms with van der Waals surface area (Å²) in [5, 5.41) is -0.446. The molecule has 6 heteroatoms. The molecule has 0 heterocycles. The van der Waals surface area contributed by atoms with Crippen LogP contribution in [0.1, 0.15) is 5.56 Å². The van der Waals surface area contributed by atoms with Crippen LogP contribution in [0.3, 0.4) is 0 Å². The van der Waals surface area contributed by atoms with Crippen molar-refractivity contribution >= 4 is 33.0 Å². The summed E-state index contributed by atoms with van der Waals surface area (Å²) in [5.41, 5.74) is 2.57. The number of hydrogen-bond acceptors (Lipinski definition) is 3. The first kappa shape index (κ1) is 13.1. The molecule has 0 saturated carbocycles. The highest BCUT2D eigenvalue weighted by molar-refractivity contribution is 7.93. The molecule has 0 bridgehead atoms. The summed E-state index contributed by atoms with van der Waals surface area (Å²) in [4.78, 5) is 1.92. The van der Waals surface area contributed by atoms with Gasteiger partial charge >= 0.3 is 0 Å². The van der Waals surface area contributed by atoms with E-state index in [9.17, 15) is 8.42 Å². The summed E-state index contributed by atoms with van der Waals surface area (Å²) in [6.45, 7) is 1.97. The molecule has 0 unspecified atom stereocenters. The van der Waals surface area contributed by atoms with E-state index in [4.69, 9.17) is 11.6 Å². The minimum absolute atomic E-state index is 0.446. The largest absolute Gasteiger partial charge is 0.377 e. The van der Waals surface area contributed by atoms with Crippen LogP contribution in [-0.4, -0.2) is 27.7 Å². The number of rotatable bonds is 4. The number of nitrogens with one attached hydrogen (secondary N) is 1. The number of sulfonamides is 1. The molecule has 0 radical (unpaired) electrons. The van der Waals surface area contributed by atoms with Crippen molar-refractivity contribution in [3.8, 4) is 0 Å². The number of nitrogens with zero attached hydrogens (tertiary/aromatic N) is 1. The maximum Gasteiger partial charge on any atom is 0.246 e. The Morgan fingerprint density at radius 3 is 2.50 bits per heavy atom. The first-order chi connectivity index (χ1) is 7.35. The average Bonchev–Trinajstić information content (AvgIpc) is 2.20. The van der Waals surface area contributed by atoms with Crippen LogP contribution in [0.15, 0.2) is 18.2 Å². The van der Waals surface area contributed by atoms with Gasteiger partial charge in [0.15, 0.2) is 0 Å². The van der Waals surface area contributed by atoms with Gasteiger partial charge in [-0.25, -0.2) is 8.42 Å². The van der Waals surface area contributed by atoms with Gasteiger partial charge in [0.1, 0.15) is 5.21 Å². The van der Waals surface area contributed by atoms with Crippen LogP contribution in [0, 0.1) is 6.92 Å². The van der Waals surface area contributed by atoms with Crippen LogP contribution < -0.4 is 9.62 Å². The number of halogens is 1. The molecule has 0 atom stereocenters. The van der Waals surface area contributed by atoms with E-state index in [0.717, 1.165) is 11.3 Å². The Bertz CT molecular complexity index is 472. The summed E-state index contributed by atoms with van der Waals surface area (Å²) in [6.07, 6.45) is 0. The Labute approximate surface area is 101 Å². The molecule has 0 spiro atoms. The van der Waals surface area contributed by atoms with Crippen molar-refractivity contribution in [3.05, 3.63) is 23.8 Å². The molecule has 0 aromatic heterocycles. The Balaban J connectivity index is 3.05. The normalized spacial score (nSPS) is 11.2. The second-order valence-corrected chi connectivity index (χ2v) is 6.03. The molecule has 1 aromatic rings. The van der Waals surface area contributed by atoms with Crippen molar-refractivity contribution < 1.29 is 8.42 Å². The Kier molecular flexibility index (Phi) is 4.04. The number of aryl methyl sites for hydroxylation is 1. The quantitative estimate of drug-likeness (QED) is 0.845. The summed E-state index contributed by atoms with van der Waals surface area (Å²) in [6, 6.07) is 5.35. The fourth-order valence-electron chi connectivity index (χ4n) is 1.36. The molecular formula is C10H15ClN2O2S. The lowest BCUT2D eigenvalue weighted by Crippen LogP contribution is -2.15. The molecular weight excluding hydrogens is 248 g/mol. The number of alkyl halides is 1. The number of hydrogen-bond donors (Lipinski definition) is 1. The van der Waals surface area contributed by atoms with E-state index in [1.807, 2.05) is 32.0 Å². The molecule has 90 valence electrons. The summed E-state index contributed by atoms with van der Waals surface area (Å²) < 4.78 is 25.0. The van der Waals surface area contributed by atoms with Gasteiger partial charge in [-0.3, -0.25) is 4.72 Å². The zero-order valence-corrected chi connectivity index (χ0v) is 11.1. The van der Waals surface area contributed by atoms with E-state index < -0.39 is 15.2 Å². The van der Waals surface area contributed by atoms with Gasteiger partial charge in [-0.05, 0) is 24.6 Å². The molecule has 0 fully saturated rings. The first-order valence-electron chi connectivity index (χ1n) is 4.70. The molecule has 1 aromatic carbocycles. The zero-order chi connectivity index (χ0) is 12.3. The lowest BCUT2D eigenvalue weighted by Gasteiger charge is -2.17. The van der Waals surface area contributed by atoms with Crippen LogP contribution in [0.5, 0.6) is 0 Å². The fraction of sp³-hybridized carbons (Fsp3) is 0.400. The van der Waals surface area contributed by atoms with Gasteiger partial charge in [-0.1, -0.05) is 6.07 Å². The molecule has 1 rings (SSSR count). The van der Waals surface area contributed by atoms with Crippen molar-refractivity contribution in [1.82, 2.24) is 0 Å². The summed E-state index contributed by atoms with van der Waals surface area (Å²) in [7, 11) is 0.379. The zero-order valence-electron chi connectivity index (χ0n) is 9.49. The molecule has 0 amide bonds. The summed E-state index contributed by atoms with van der Waals surface area (Å²) >= 11 is 5.32. The van der Waals surface area contributed by atoms with Gasteiger partial charge in [0.25, 0.3) is 0 Å². The van der Waals surface area contributed by atoms with E-state index >= 15 is 0 Å². The Morgan fingerprint density at radius 2 is 2.00 bits per heavy atom. The van der Waals surface area contributed by atoms with E-state index in [-0.39, 0.29) is 0 Å². The average molecular weight is 263 g/mol. The maximum atomic E-state index is 11.3. The molecule has 4 nitrogen and oxygen atoms in total. The third-order valence-electron chi connectivity index (χ3n) is 2.11. The standard InChI is InChI=1S/C10H15ClN2O2S/c1-8-4-5-9(6-10(8)13(2)3)12-16(14,15)7-11/h4-6,12H,7H2,1-3H3. The number of anilines is 2. The third-order valence-corrected chi connectivity index (χ3v) is 3.80. The lowest BCUT2D eigenvalue weighted by atomic mass is 10.2. The predicted molar refractivity (Wildman–Crippen MR) is 68.8 cm³/mol. The van der Waals surface area contributed by atoms with E-state index in [2.05, 4.69) is 4.72 Å². The summed E-state index contributed by atoms with van der Waals surface area (Å²) in [5.74, 6) is 0. The first-order valence-corrected chi connectivity index (χ1v) is 6.89. The van der Waals surface area contributed by atoms with Gasteiger partial charge in [-0.2, -0.15) is 0 Å². The van der Waals surface area contributed by atoms with Crippen molar-refractivity contribution in [2.75, 3.05) is 28.9 Å². The highest BCUT2D eigenvalue weighted by Gasteiger charge is 2.09. The molecule has 16 heavy (non-hydrogen) atoms. The predicted octanol–water partition coefficient (Wildman–Crippen LogP) is 2.00. The third kappa shape index (κ3) is 3.28. The van der Waals surface area contributed by atoms with Gasteiger partial charge in [-0.15, -0.1) is 11.6 Å². The Hall–Kier alpha value is -0.940. The molecule has 1 N–H and O–H groups in total. The molecule has 0 aliphatic heterocycles.